The first kappa shape index (κ1) is 14.0. The molecule has 2 amide bonds. The minimum atomic E-state index is -0.524. The van der Waals surface area contributed by atoms with Crippen molar-refractivity contribution >= 4 is 23.3 Å². The fraction of sp³-hybridized carbons (Fsp3) is 0.438. The summed E-state index contributed by atoms with van der Waals surface area (Å²) in [7, 11) is 0. The lowest BCUT2D eigenvalue weighted by molar-refractivity contribution is -0.385. The number of nitro groups is 1. The van der Waals surface area contributed by atoms with Crippen molar-refractivity contribution in [3.8, 4) is 0 Å². The van der Waals surface area contributed by atoms with Gasteiger partial charge in [0.05, 0.1) is 16.8 Å². The van der Waals surface area contributed by atoms with Gasteiger partial charge in [-0.2, -0.15) is 0 Å². The zero-order valence-electron chi connectivity index (χ0n) is 12.5. The predicted octanol–water partition coefficient (Wildman–Crippen LogP) is 2.00. The van der Waals surface area contributed by atoms with Crippen LogP contribution in [0.5, 0.6) is 0 Å². The zero-order chi connectivity index (χ0) is 16.3. The number of nitrogens with zero attached hydrogens (tertiary/aromatic N) is 3. The van der Waals surface area contributed by atoms with Gasteiger partial charge in [-0.05, 0) is 37.7 Å². The van der Waals surface area contributed by atoms with Crippen LogP contribution in [-0.4, -0.2) is 21.7 Å². The number of pyridine rings is 1. The van der Waals surface area contributed by atoms with Crippen LogP contribution in [0.1, 0.15) is 18.4 Å². The summed E-state index contributed by atoms with van der Waals surface area (Å²) >= 11 is 0. The van der Waals surface area contributed by atoms with Crippen molar-refractivity contribution in [2.45, 2.75) is 19.8 Å². The number of carbonyl (C=O) groups excluding carboxylic acids is 2. The molecular weight excluding hydrogens is 298 g/mol. The van der Waals surface area contributed by atoms with E-state index in [4.69, 9.17) is 0 Å². The quantitative estimate of drug-likeness (QED) is 0.360. The number of fused-ring (bicyclic) bond motifs is 1. The van der Waals surface area contributed by atoms with Gasteiger partial charge in [0.25, 0.3) is 5.69 Å². The van der Waals surface area contributed by atoms with Gasteiger partial charge in [-0.15, -0.1) is 0 Å². The first-order valence-electron chi connectivity index (χ1n) is 7.66. The van der Waals surface area contributed by atoms with Crippen molar-refractivity contribution in [1.82, 2.24) is 4.98 Å². The molecule has 1 aromatic heterocycles. The lowest BCUT2D eigenvalue weighted by Crippen LogP contribution is -2.38. The summed E-state index contributed by atoms with van der Waals surface area (Å²) in [4.78, 5) is 41.0. The van der Waals surface area contributed by atoms with E-state index in [9.17, 15) is 19.7 Å². The Labute approximate surface area is 132 Å². The van der Waals surface area contributed by atoms with Gasteiger partial charge in [-0.3, -0.25) is 19.7 Å². The summed E-state index contributed by atoms with van der Waals surface area (Å²) in [6.07, 6.45) is 7.08. The molecule has 4 unspecified atom stereocenters. The van der Waals surface area contributed by atoms with Crippen molar-refractivity contribution in [2.24, 2.45) is 23.7 Å². The molecule has 4 aliphatic rings. The van der Waals surface area contributed by atoms with Crippen molar-refractivity contribution in [3.63, 3.8) is 0 Å². The molecule has 23 heavy (non-hydrogen) atoms. The molecule has 7 heteroatoms. The Morgan fingerprint density at radius 1 is 1.17 bits per heavy atom. The number of carbonyl (C=O) groups is 2. The van der Waals surface area contributed by atoms with Crippen molar-refractivity contribution < 1.29 is 14.5 Å². The monoisotopic (exact) mass is 313 g/mol. The van der Waals surface area contributed by atoms with E-state index in [-0.39, 0.29) is 47.0 Å². The predicted molar refractivity (Wildman–Crippen MR) is 80.5 cm³/mol. The highest BCUT2D eigenvalue weighted by atomic mass is 16.6. The SMILES string of the molecule is Cc1cc(N2C(=O)C3C4C=CC(CC4)C3C2=O)ncc1[N+](=O)[O-]. The Morgan fingerprint density at radius 3 is 2.17 bits per heavy atom. The summed E-state index contributed by atoms with van der Waals surface area (Å²) in [5.41, 5.74) is 0.267. The number of hydrogen-bond donors (Lipinski definition) is 0. The molecule has 5 rings (SSSR count). The van der Waals surface area contributed by atoms with E-state index >= 15 is 0 Å². The molecule has 1 saturated carbocycles. The first-order valence-corrected chi connectivity index (χ1v) is 7.66. The Balaban J connectivity index is 1.73. The third-order valence-electron chi connectivity index (χ3n) is 5.25. The van der Waals surface area contributed by atoms with Crippen molar-refractivity contribution in [1.29, 1.82) is 0 Å². The van der Waals surface area contributed by atoms with Crippen LogP contribution in [0.3, 0.4) is 0 Å². The van der Waals surface area contributed by atoms with Crippen molar-refractivity contribution in [3.05, 3.63) is 40.1 Å². The van der Waals surface area contributed by atoms with Crippen molar-refractivity contribution in [2.75, 3.05) is 4.90 Å². The van der Waals surface area contributed by atoms with E-state index < -0.39 is 4.92 Å². The maximum Gasteiger partial charge on any atom is 0.290 e. The van der Waals surface area contributed by atoms with E-state index in [1.165, 1.54) is 6.07 Å². The standard InChI is InChI=1S/C16H15N3O4/c1-8-6-12(17-7-11(8)19(22)23)18-15(20)13-9-2-3-10(5-4-9)14(13)16(18)21/h2-3,6-7,9-10,13-14H,4-5H2,1H3. The van der Waals surface area contributed by atoms with Crippen LogP contribution in [0.25, 0.3) is 0 Å². The highest BCUT2D eigenvalue weighted by molar-refractivity contribution is 6.22. The first-order chi connectivity index (χ1) is 11.0. The van der Waals surface area contributed by atoms with E-state index in [0.717, 1.165) is 23.9 Å². The number of aryl methyl sites for hydroxylation is 1. The number of imide groups is 1. The minimum absolute atomic E-state index is 0.116. The minimum Gasteiger partial charge on any atom is -0.274 e. The lowest BCUT2D eigenvalue weighted by atomic mass is 9.63. The molecule has 118 valence electrons. The number of anilines is 1. The van der Waals surface area contributed by atoms with E-state index in [1.807, 2.05) is 0 Å². The second kappa shape index (κ2) is 4.71. The average molecular weight is 313 g/mol. The largest absolute Gasteiger partial charge is 0.290 e. The van der Waals surface area contributed by atoms with Crippen LogP contribution in [0, 0.1) is 40.7 Å². The summed E-state index contributed by atoms with van der Waals surface area (Å²) in [6, 6.07) is 1.45. The number of aromatic nitrogens is 1. The maximum absolute atomic E-state index is 12.8. The average Bonchev–Trinajstić information content (AvgIpc) is 2.82. The lowest BCUT2D eigenvalue weighted by Gasteiger charge is -2.38. The molecular formula is C16H15N3O4. The molecule has 0 aromatic carbocycles. The highest BCUT2D eigenvalue weighted by Gasteiger charge is 2.57. The molecule has 0 N–H and O–H groups in total. The Kier molecular flexibility index (Phi) is 2.88. The van der Waals surface area contributed by atoms with E-state index in [1.54, 1.807) is 6.92 Å². The van der Waals surface area contributed by atoms with Gasteiger partial charge in [-0.1, -0.05) is 12.2 Å². The van der Waals surface area contributed by atoms with Crippen LogP contribution in [-0.2, 0) is 9.59 Å². The molecule has 3 aliphatic carbocycles. The fourth-order valence-corrected chi connectivity index (χ4v) is 4.15. The highest BCUT2D eigenvalue weighted by Crippen LogP contribution is 2.50. The van der Waals surface area contributed by atoms with Gasteiger partial charge in [0.2, 0.25) is 11.8 Å². The van der Waals surface area contributed by atoms with Crippen LogP contribution in [0.2, 0.25) is 0 Å². The number of allylic oxidation sites excluding steroid dienone is 2. The Hall–Kier alpha value is -2.57. The molecule has 0 radical (unpaired) electrons. The number of amides is 2. The zero-order valence-corrected chi connectivity index (χ0v) is 12.5. The molecule has 2 bridgehead atoms. The van der Waals surface area contributed by atoms with Gasteiger partial charge in [0.15, 0.2) is 0 Å². The van der Waals surface area contributed by atoms with Gasteiger partial charge in [-0.25, -0.2) is 9.88 Å². The Morgan fingerprint density at radius 2 is 1.74 bits per heavy atom. The molecule has 7 nitrogen and oxygen atoms in total. The maximum atomic E-state index is 12.8. The van der Waals surface area contributed by atoms with Gasteiger partial charge < -0.3 is 0 Å². The van der Waals surface area contributed by atoms with Crippen LogP contribution >= 0.6 is 0 Å². The van der Waals surface area contributed by atoms with Crippen LogP contribution in [0.4, 0.5) is 11.5 Å². The molecule has 1 saturated heterocycles. The fourth-order valence-electron chi connectivity index (χ4n) is 4.15. The van der Waals surface area contributed by atoms with Gasteiger partial charge in [0.1, 0.15) is 12.0 Å². The molecule has 1 aliphatic heterocycles. The number of hydrogen-bond acceptors (Lipinski definition) is 5. The molecule has 2 heterocycles. The summed E-state index contributed by atoms with van der Waals surface area (Å²) in [6.45, 7) is 1.58. The molecule has 1 aromatic rings. The summed E-state index contributed by atoms with van der Waals surface area (Å²) < 4.78 is 0. The Bertz CT molecular complexity index is 741. The van der Waals surface area contributed by atoms with Crippen LogP contribution < -0.4 is 4.90 Å². The second-order valence-electron chi connectivity index (χ2n) is 6.44. The molecule has 4 atom stereocenters. The van der Waals surface area contributed by atoms with Gasteiger partial charge >= 0.3 is 0 Å². The van der Waals surface area contributed by atoms with Crippen LogP contribution in [0.15, 0.2) is 24.4 Å². The normalized spacial score (nSPS) is 31.6. The van der Waals surface area contributed by atoms with Gasteiger partial charge in [0, 0.05) is 5.56 Å². The summed E-state index contributed by atoms with van der Waals surface area (Å²) in [5.74, 6) is -0.625. The topological polar surface area (TPSA) is 93.4 Å². The van der Waals surface area contributed by atoms with E-state index in [2.05, 4.69) is 17.1 Å². The molecule has 0 spiro atoms. The summed E-state index contributed by atoms with van der Waals surface area (Å²) in [5, 5.41) is 10.9. The molecule has 2 fully saturated rings. The third-order valence-corrected chi connectivity index (χ3v) is 5.25. The third kappa shape index (κ3) is 1.85. The smallest absolute Gasteiger partial charge is 0.274 e. The second-order valence-corrected chi connectivity index (χ2v) is 6.44. The van der Waals surface area contributed by atoms with E-state index in [0.29, 0.717) is 5.56 Å². The number of rotatable bonds is 2.